The normalized spacial score (nSPS) is 18.1. The molecule has 1 fully saturated rings. The fraction of sp³-hybridized carbons (Fsp3) is 0.533. The van der Waals surface area contributed by atoms with Crippen molar-refractivity contribution in [2.24, 2.45) is 19.1 Å². The Morgan fingerprint density at radius 1 is 1.43 bits per heavy atom. The van der Waals surface area contributed by atoms with E-state index in [0.29, 0.717) is 12.5 Å². The molecule has 3 rings (SSSR count). The topological polar surface area (TPSA) is 63.3 Å². The fourth-order valence-electron chi connectivity index (χ4n) is 2.93. The highest BCUT2D eigenvalue weighted by molar-refractivity contribution is 14.0. The van der Waals surface area contributed by atoms with Crippen molar-refractivity contribution in [2.45, 2.75) is 18.9 Å². The van der Waals surface area contributed by atoms with Crippen molar-refractivity contribution in [3.63, 3.8) is 0 Å². The second kappa shape index (κ2) is 7.80. The molecule has 23 heavy (non-hydrogen) atoms. The van der Waals surface area contributed by atoms with Gasteiger partial charge in [0.1, 0.15) is 5.82 Å². The van der Waals surface area contributed by atoms with Crippen LogP contribution in [0.25, 0.3) is 0 Å². The van der Waals surface area contributed by atoms with Crippen molar-refractivity contribution in [3.8, 4) is 0 Å². The number of nitrogens with zero attached hydrogens (tertiary/aromatic N) is 6. The molecule has 1 aliphatic rings. The number of hydrogen-bond acceptors (Lipinski definition) is 3. The Kier molecular flexibility index (Phi) is 6.03. The Labute approximate surface area is 153 Å². The minimum atomic E-state index is 0. The molecule has 1 unspecified atom stereocenters. The van der Waals surface area contributed by atoms with Gasteiger partial charge in [-0.05, 0) is 12.0 Å². The Hall–Kier alpha value is -1.58. The van der Waals surface area contributed by atoms with E-state index < -0.39 is 0 Å². The number of guanidine groups is 1. The minimum Gasteiger partial charge on any atom is -0.349 e. The van der Waals surface area contributed by atoms with Crippen molar-refractivity contribution >= 4 is 29.9 Å². The van der Waals surface area contributed by atoms with Gasteiger partial charge in [0.15, 0.2) is 5.96 Å². The fourth-order valence-corrected chi connectivity index (χ4v) is 2.93. The lowest BCUT2D eigenvalue weighted by Crippen LogP contribution is -2.39. The van der Waals surface area contributed by atoms with Crippen molar-refractivity contribution in [2.75, 3.05) is 20.1 Å². The van der Waals surface area contributed by atoms with Crippen LogP contribution in [0.4, 0.5) is 0 Å². The molecule has 8 heteroatoms. The third-order valence-corrected chi connectivity index (χ3v) is 4.22. The number of aryl methyl sites for hydroxylation is 2. The molecule has 2 aromatic rings. The molecule has 1 N–H and O–H groups in total. The smallest absolute Gasteiger partial charge is 0.194 e. The molecule has 0 aromatic carbocycles. The SMILES string of the molecule is CN=C(NCc1nccn1C)N1CCC(c2cnn(C)c2)C1.I. The molecule has 2 aromatic heterocycles. The molecule has 0 bridgehead atoms. The molecular formula is C15H24IN7. The summed E-state index contributed by atoms with van der Waals surface area (Å²) in [5, 5.41) is 7.68. The Balaban J connectivity index is 0.00000192. The summed E-state index contributed by atoms with van der Waals surface area (Å²) in [7, 11) is 5.79. The van der Waals surface area contributed by atoms with E-state index in [2.05, 4.69) is 31.5 Å². The molecule has 0 spiro atoms. The number of hydrogen-bond donors (Lipinski definition) is 1. The van der Waals surface area contributed by atoms with E-state index in [-0.39, 0.29) is 24.0 Å². The molecule has 126 valence electrons. The summed E-state index contributed by atoms with van der Waals surface area (Å²) in [5.41, 5.74) is 1.31. The number of aliphatic imine (C=N–C) groups is 1. The number of imidazole rings is 1. The average Bonchev–Trinajstić information content (AvgIpc) is 3.22. The summed E-state index contributed by atoms with van der Waals surface area (Å²) in [6.45, 7) is 2.68. The molecule has 1 atom stereocenters. The zero-order chi connectivity index (χ0) is 15.5. The monoisotopic (exact) mass is 429 g/mol. The van der Waals surface area contributed by atoms with E-state index in [1.807, 2.05) is 49.0 Å². The quantitative estimate of drug-likeness (QED) is 0.455. The van der Waals surface area contributed by atoms with Crippen molar-refractivity contribution < 1.29 is 0 Å². The maximum Gasteiger partial charge on any atom is 0.194 e. The predicted octanol–water partition coefficient (Wildman–Crippen LogP) is 1.34. The number of rotatable bonds is 3. The highest BCUT2D eigenvalue weighted by Gasteiger charge is 2.26. The minimum absolute atomic E-state index is 0. The van der Waals surface area contributed by atoms with Gasteiger partial charge >= 0.3 is 0 Å². The van der Waals surface area contributed by atoms with Gasteiger partial charge in [0, 0.05) is 58.7 Å². The molecule has 1 aliphatic heterocycles. The first kappa shape index (κ1) is 17.8. The van der Waals surface area contributed by atoms with Gasteiger partial charge in [-0.25, -0.2) is 4.98 Å². The number of halogens is 1. The highest BCUT2D eigenvalue weighted by atomic mass is 127. The predicted molar refractivity (Wildman–Crippen MR) is 101 cm³/mol. The van der Waals surface area contributed by atoms with E-state index in [0.717, 1.165) is 31.3 Å². The van der Waals surface area contributed by atoms with Gasteiger partial charge < -0.3 is 14.8 Å². The molecule has 1 saturated heterocycles. The van der Waals surface area contributed by atoms with E-state index in [1.165, 1.54) is 5.56 Å². The third kappa shape index (κ3) is 4.04. The average molecular weight is 429 g/mol. The van der Waals surface area contributed by atoms with Crippen LogP contribution in [0.2, 0.25) is 0 Å². The standard InChI is InChI=1S/C15H23N7.HI/c1-16-15(18-9-14-17-5-7-20(14)2)22-6-4-12(11-22)13-8-19-21(3)10-13;/h5,7-8,10,12H,4,6,9,11H2,1-3H3,(H,16,18);1H. The van der Waals surface area contributed by atoms with Crippen molar-refractivity contribution in [1.29, 1.82) is 0 Å². The molecule has 3 heterocycles. The van der Waals surface area contributed by atoms with Crippen LogP contribution in [0.1, 0.15) is 23.7 Å². The van der Waals surface area contributed by atoms with Crippen molar-refractivity contribution in [1.82, 2.24) is 29.5 Å². The maximum atomic E-state index is 4.41. The van der Waals surface area contributed by atoms with Crippen LogP contribution in [-0.4, -0.2) is 50.3 Å². The van der Waals surface area contributed by atoms with Crippen LogP contribution in [0.3, 0.4) is 0 Å². The summed E-state index contributed by atoms with van der Waals surface area (Å²) in [4.78, 5) is 11.0. The lowest BCUT2D eigenvalue weighted by Gasteiger charge is -2.21. The third-order valence-electron chi connectivity index (χ3n) is 4.22. The lowest BCUT2D eigenvalue weighted by atomic mass is 10.0. The van der Waals surface area contributed by atoms with Gasteiger partial charge in [-0.15, -0.1) is 24.0 Å². The molecule has 0 aliphatic carbocycles. The molecular weight excluding hydrogens is 405 g/mol. The van der Waals surface area contributed by atoms with E-state index >= 15 is 0 Å². The molecule has 7 nitrogen and oxygen atoms in total. The summed E-state index contributed by atoms with van der Waals surface area (Å²) >= 11 is 0. The Bertz CT molecular complexity index is 660. The van der Waals surface area contributed by atoms with Crippen molar-refractivity contribution in [3.05, 3.63) is 36.2 Å². The summed E-state index contributed by atoms with van der Waals surface area (Å²) in [5.74, 6) is 2.47. The van der Waals surface area contributed by atoms with Gasteiger partial charge in [0.2, 0.25) is 0 Å². The first-order valence-electron chi connectivity index (χ1n) is 7.57. The van der Waals surface area contributed by atoms with E-state index in [9.17, 15) is 0 Å². The summed E-state index contributed by atoms with van der Waals surface area (Å²) < 4.78 is 3.88. The molecule has 0 radical (unpaired) electrons. The Morgan fingerprint density at radius 3 is 2.87 bits per heavy atom. The largest absolute Gasteiger partial charge is 0.349 e. The molecule has 0 saturated carbocycles. The van der Waals surface area contributed by atoms with Crippen LogP contribution >= 0.6 is 24.0 Å². The van der Waals surface area contributed by atoms with Crippen LogP contribution in [0.5, 0.6) is 0 Å². The van der Waals surface area contributed by atoms with E-state index in [1.54, 1.807) is 0 Å². The van der Waals surface area contributed by atoms with Gasteiger partial charge in [0.25, 0.3) is 0 Å². The molecule has 0 amide bonds. The van der Waals surface area contributed by atoms with Gasteiger partial charge in [0.05, 0.1) is 12.7 Å². The summed E-state index contributed by atoms with van der Waals surface area (Å²) in [6, 6.07) is 0. The van der Waals surface area contributed by atoms with Crippen LogP contribution in [-0.2, 0) is 20.6 Å². The first-order valence-corrected chi connectivity index (χ1v) is 7.57. The second-order valence-electron chi connectivity index (χ2n) is 5.73. The van der Waals surface area contributed by atoms with E-state index in [4.69, 9.17) is 0 Å². The van der Waals surface area contributed by atoms with Gasteiger partial charge in [-0.2, -0.15) is 5.10 Å². The number of likely N-dealkylation sites (tertiary alicyclic amines) is 1. The van der Waals surface area contributed by atoms with Crippen LogP contribution < -0.4 is 5.32 Å². The first-order chi connectivity index (χ1) is 10.7. The zero-order valence-corrected chi connectivity index (χ0v) is 16.1. The van der Waals surface area contributed by atoms with Crippen LogP contribution in [0.15, 0.2) is 29.8 Å². The van der Waals surface area contributed by atoms with Gasteiger partial charge in [-0.3, -0.25) is 9.67 Å². The summed E-state index contributed by atoms with van der Waals surface area (Å²) in [6.07, 6.45) is 8.98. The number of nitrogens with one attached hydrogen (secondary N) is 1. The number of aromatic nitrogens is 4. The zero-order valence-electron chi connectivity index (χ0n) is 13.8. The Morgan fingerprint density at radius 2 is 2.26 bits per heavy atom. The van der Waals surface area contributed by atoms with Crippen LogP contribution in [0, 0.1) is 0 Å². The van der Waals surface area contributed by atoms with Gasteiger partial charge in [-0.1, -0.05) is 0 Å². The second-order valence-corrected chi connectivity index (χ2v) is 5.73. The lowest BCUT2D eigenvalue weighted by molar-refractivity contribution is 0.483. The highest BCUT2D eigenvalue weighted by Crippen LogP contribution is 2.26. The maximum absolute atomic E-state index is 4.41.